The molecule has 0 aliphatic heterocycles. The van der Waals surface area contributed by atoms with Crippen molar-refractivity contribution in [2.75, 3.05) is 12.4 Å². The Morgan fingerprint density at radius 3 is 2.74 bits per heavy atom. The number of para-hydroxylation sites is 2. The van der Waals surface area contributed by atoms with Crippen LogP contribution >= 0.6 is 23.1 Å². The lowest BCUT2D eigenvalue weighted by molar-refractivity contribution is 0.125. The van der Waals surface area contributed by atoms with E-state index in [1.54, 1.807) is 11.3 Å². The molecule has 5 nitrogen and oxygen atoms in total. The average molecular weight is 400 g/mol. The van der Waals surface area contributed by atoms with Crippen molar-refractivity contribution >= 4 is 38.3 Å². The highest BCUT2D eigenvalue weighted by Crippen LogP contribution is 2.30. The SMILES string of the molecule is CC(C)c1ccccc1OCC(O)CSc1nnc2sc3ccccc3n12. The third-order valence-electron chi connectivity index (χ3n) is 4.29. The van der Waals surface area contributed by atoms with Gasteiger partial charge in [0.05, 0.1) is 16.3 Å². The van der Waals surface area contributed by atoms with E-state index >= 15 is 0 Å². The van der Waals surface area contributed by atoms with Crippen LogP contribution in [0.15, 0.2) is 53.7 Å². The Morgan fingerprint density at radius 1 is 1.11 bits per heavy atom. The third-order valence-corrected chi connectivity index (χ3v) is 6.37. The molecule has 4 aromatic rings. The molecular formula is C20H21N3O2S2. The summed E-state index contributed by atoms with van der Waals surface area (Å²) in [5, 5.41) is 19.7. The van der Waals surface area contributed by atoms with Crippen molar-refractivity contribution < 1.29 is 9.84 Å². The summed E-state index contributed by atoms with van der Waals surface area (Å²) in [7, 11) is 0. The molecule has 0 amide bonds. The van der Waals surface area contributed by atoms with Crippen LogP contribution in [0.3, 0.4) is 0 Å². The average Bonchev–Trinajstić information content (AvgIpc) is 3.24. The molecule has 2 aromatic heterocycles. The minimum atomic E-state index is -0.590. The molecule has 0 bridgehead atoms. The van der Waals surface area contributed by atoms with Gasteiger partial charge in [0.15, 0.2) is 5.16 Å². The number of aromatic nitrogens is 3. The summed E-state index contributed by atoms with van der Waals surface area (Å²) in [6.45, 7) is 4.52. The van der Waals surface area contributed by atoms with E-state index < -0.39 is 6.10 Å². The largest absolute Gasteiger partial charge is 0.491 e. The predicted octanol–water partition coefficient (Wildman–Crippen LogP) is 4.60. The lowest BCUT2D eigenvalue weighted by Crippen LogP contribution is -2.20. The number of benzene rings is 2. The lowest BCUT2D eigenvalue weighted by atomic mass is 10.0. The van der Waals surface area contributed by atoms with E-state index in [0.717, 1.165) is 26.9 Å². The molecule has 0 radical (unpaired) electrons. The van der Waals surface area contributed by atoms with E-state index in [-0.39, 0.29) is 6.61 Å². The molecule has 4 rings (SSSR count). The molecule has 0 spiro atoms. The van der Waals surface area contributed by atoms with Gasteiger partial charge in [-0.2, -0.15) is 0 Å². The highest BCUT2D eigenvalue weighted by atomic mass is 32.2. The van der Waals surface area contributed by atoms with Gasteiger partial charge in [0.2, 0.25) is 4.96 Å². The van der Waals surface area contributed by atoms with Gasteiger partial charge in [0, 0.05) is 5.75 Å². The topological polar surface area (TPSA) is 59.7 Å². The molecule has 2 aromatic carbocycles. The standard InChI is InChI=1S/C20H21N3O2S2/c1-13(2)15-7-3-5-9-17(15)25-11-14(24)12-26-19-21-22-20-23(19)16-8-4-6-10-18(16)27-20/h3-10,13-14,24H,11-12H2,1-2H3. The van der Waals surface area contributed by atoms with Gasteiger partial charge < -0.3 is 9.84 Å². The van der Waals surface area contributed by atoms with Crippen molar-refractivity contribution in [2.45, 2.75) is 31.0 Å². The Morgan fingerprint density at radius 2 is 1.89 bits per heavy atom. The molecule has 0 aliphatic carbocycles. The Bertz CT molecular complexity index is 1060. The van der Waals surface area contributed by atoms with Gasteiger partial charge in [-0.05, 0) is 29.7 Å². The Labute approximate surface area is 166 Å². The van der Waals surface area contributed by atoms with Crippen molar-refractivity contribution in [1.82, 2.24) is 14.6 Å². The molecule has 7 heteroatoms. The highest BCUT2D eigenvalue weighted by Gasteiger charge is 2.15. The summed E-state index contributed by atoms with van der Waals surface area (Å²) in [6, 6.07) is 16.2. The first-order chi connectivity index (χ1) is 13.1. The molecule has 1 atom stereocenters. The summed E-state index contributed by atoms with van der Waals surface area (Å²) in [5.41, 5.74) is 2.25. The Hall–Kier alpha value is -2.09. The van der Waals surface area contributed by atoms with Crippen molar-refractivity contribution in [3.8, 4) is 5.75 Å². The van der Waals surface area contributed by atoms with Crippen LogP contribution in [-0.4, -0.2) is 38.2 Å². The number of ether oxygens (including phenoxy) is 1. The molecule has 1 unspecified atom stereocenters. The van der Waals surface area contributed by atoms with Gasteiger partial charge >= 0.3 is 0 Å². The molecule has 27 heavy (non-hydrogen) atoms. The molecule has 1 N–H and O–H groups in total. The monoisotopic (exact) mass is 399 g/mol. The second-order valence-electron chi connectivity index (χ2n) is 6.64. The van der Waals surface area contributed by atoms with Crippen LogP contribution in [0.4, 0.5) is 0 Å². The molecule has 0 saturated heterocycles. The maximum Gasteiger partial charge on any atom is 0.217 e. The predicted molar refractivity (Wildman–Crippen MR) is 111 cm³/mol. The van der Waals surface area contributed by atoms with Crippen molar-refractivity contribution in [3.63, 3.8) is 0 Å². The number of nitrogens with zero attached hydrogens (tertiary/aromatic N) is 3. The van der Waals surface area contributed by atoms with E-state index in [9.17, 15) is 5.11 Å². The summed E-state index contributed by atoms with van der Waals surface area (Å²) in [5.74, 6) is 1.71. The van der Waals surface area contributed by atoms with E-state index in [0.29, 0.717) is 11.7 Å². The molecular weight excluding hydrogens is 378 g/mol. The fourth-order valence-electron chi connectivity index (χ4n) is 2.94. The molecule has 0 saturated carbocycles. The number of hydrogen-bond acceptors (Lipinski definition) is 6. The minimum Gasteiger partial charge on any atom is -0.491 e. The summed E-state index contributed by atoms with van der Waals surface area (Å²) in [6.07, 6.45) is -0.590. The maximum atomic E-state index is 10.4. The number of fused-ring (bicyclic) bond motifs is 3. The van der Waals surface area contributed by atoms with Crippen LogP contribution in [0.2, 0.25) is 0 Å². The number of aliphatic hydroxyl groups is 1. The third kappa shape index (κ3) is 3.81. The quantitative estimate of drug-likeness (QED) is 0.460. The number of thioether (sulfide) groups is 1. The van der Waals surface area contributed by atoms with Gasteiger partial charge in [-0.15, -0.1) is 10.2 Å². The first-order valence-corrected chi connectivity index (χ1v) is 10.7. The van der Waals surface area contributed by atoms with Crippen LogP contribution in [0, 0.1) is 0 Å². The van der Waals surface area contributed by atoms with Crippen molar-refractivity contribution in [1.29, 1.82) is 0 Å². The zero-order valence-corrected chi connectivity index (χ0v) is 16.8. The summed E-state index contributed by atoms with van der Waals surface area (Å²) in [4.78, 5) is 0.871. The molecule has 140 valence electrons. The second kappa shape index (κ2) is 7.88. The summed E-state index contributed by atoms with van der Waals surface area (Å²) >= 11 is 3.11. The first-order valence-electron chi connectivity index (χ1n) is 8.88. The first kappa shape index (κ1) is 18.3. The zero-order chi connectivity index (χ0) is 18.8. The van der Waals surface area contributed by atoms with E-state index in [1.807, 2.05) is 34.7 Å². The van der Waals surface area contributed by atoms with Crippen molar-refractivity contribution in [2.24, 2.45) is 0 Å². The molecule has 0 aliphatic rings. The highest BCUT2D eigenvalue weighted by molar-refractivity contribution is 7.99. The normalized spacial score (nSPS) is 12.9. The summed E-state index contributed by atoms with van der Waals surface area (Å²) < 4.78 is 9.10. The van der Waals surface area contributed by atoms with E-state index in [4.69, 9.17) is 4.74 Å². The lowest BCUT2D eigenvalue weighted by Gasteiger charge is -2.16. The van der Waals surface area contributed by atoms with Gasteiger partial charge in [-0.3, -0.25) is 4.40 Å². The van der Waals surface area contributed by atoms with Gasteiger partial charge in [0.1, 0.15) is 12.4 Å². The molecule has 0 fully saturated rings. The number of rotatable bonds is 7. The fourth-order valence-corrected chi connectivity index (χ4v) is 4.82. The zero-order valence-electron chi connectivity index (χ0n) is 15.2. The number of thiazole rings is 1. The van der Waals surface area contributed by atoms with E-state index in [1.165, 1.54) is 16.5 Å². The van der Waals surface area contributed by atoms with Gasteiger partial charge in [-0.1, -0.05) is 67.3 Å². The van der Waals surface area contributed by atoms with Crippen LogP contribution in [0.25, 0.3) is 15.2 Å². The van der Waals surface area contributed by atoms with Crippen LogP contribution in [0.5, 0.6) is 5.75 Å². The van der Waals surface area contributed by atoms with Gasteiger partial charge in [-0.25, -0.2) is 0 Å². The Kier molecular flexibility index (Phi) is 5.33. The fraction of sp³-hybridized carbons (Fsp3) is 0.300. The number of hydrogen-bond donors (Lipinski definition) is 1. The maximum absolute atomic E-state index is 10.4. The minimum absolute atomic E-state index is 0.253. The number of aliphatic hydroxyl groups excluding tert-OH is 1. The van der Waals surface area contributed by atoms with Crippen LogP contribution in [0.1, 0.15) is 25.3 Å². The Balaban J connectivity index is 1.41. The van der Waals surface area contributed by atoms with Gasteiger partial charge in [0.25, 0.3) is 0 Å². The van der Waals surface area contributed by atoms with Crippen LogP contribution < -0.4 is 4.74 Å². The second-order valence-corrected chi connectivity index (χ2v) is 8.63. The van der Waals surface area contributed by atoms with Crippen molar-refractivity contribution in [3.05, 3.63) is 54.1 Å². The smallest absolute Gasteiger partial charge is 0.217 e. The molecule has 2 heterocycles. The van der Waals surface area contributed by atoms with E-state index in [2.05, 4.69) is 42.2 Å². The van der Waals surface area contributed by atoms with Crippen LogP contribution in [-0.2, 0) is 0 Å².